The number of nitrogens with zero attached hydrogens (tertiary/aromatic N) is 4. The molecule has 0 saturated carbocycles. The van der Waals surface area contributed by atoms with E-state index in [9.17, 15) is 14.4 Å². The van der Waals surface area contributed by atoms with Crippen LogP contribution in [0.1, 0.15) is 66.5 Å². The van der Waals surface area contributed by atoms with Crippen LogP contribution in [0.25, 0.3) is 0 Å². The number of carbonyl (C=O) groups is 3. The van der Waals surface area contributed by atoms with E-state index < -0.39 is 23.6 Å². The van der Waals surface area contributed by atoms with Gasteiger partial charge < -0.3 is 33.7 Å². The van der Waals surface area contributed by atoms with Crippen molar-refractivity contribution in [2.75, 3.05) is 98.1 Å². The highest BCUT2D eigenvalue weighted by atomic mass is 32.2. The molecule has 0 fully saturated rings. The summed E-state index contributed by atoms with van der Waals surface area (Å²) in [5.41, 5.74) is 1.62. The van der Waals surface area contributed by atoms with E-state index in [0.717, 1.165) is 42.4 Å². The molecule has 0 unspecified atom stereocenters. The summed E-state index contributed by atoms with van der Waals surface area (Å²) in [5.74, 6) is 0.812. The maximum Gasteiger partial charge on any atom is 0.407 e. The van der Waals surface area contributed by atoms with Crippen LogP contribution in [0.3, 0.4) is 0 Å². The van der Waals surface area contributed by atoms with Crippen molar-refractivity contribution in [3.63, 3.8) is 0 Å². The maximum atomic E-state index is 12.0. The van der Waals surface area contributed by atoms with Crippen LogP contribution < -0.4 is 5.32 Å². The molecule has 0 bridgehead atoms. The monoisotopic (exact) mass is 735 g/mol. The molecule has 0 aliphatic rings. The first-order chi connectivity index (χ1) is 24.5. The number of methoxy groups -OCH3 is 2. The number of aromatic nitrogens is 2. The fourth-order valence-corrected chi connectivity index (χ4v) is 5.33. The minimum Gasteiger partial charge on any atom is -0.464 e. The second-order valence-electron chi connectivity index (χ2n) is 12.4. The summed E-state index contributed by atoms with van der Waals surface area (Å²) < 4.78 is 32.4. The summed E-state index contributed by atoms with van der Waals surface area (Å²) >= 11 is 1.76. The lowest BCUT2D eigenvalue weighted by Crippen LogP contribution is -2.33. The van der Waals surface area contributed by atoms with Crippen LogP contribution in [-0.4, -0.2) is 141 Å². The summed E-state index contributed by atoms with van der Waals surface area (Å²) in [4.78, 5) is 48.7. The predicted molar refractivity (Wildman–Crippen MR) is 196 cm³/mol. The Kier molecular flexibility index (Phi) is 22.0. The van der Waals surface area contributed by atoms with Gasteiger partial charge in [-0.05, 0) is 63.8 Å². The van der Waals surface area contributed by atoms with Crippen molar-refractivity contribution in [1.29, 1.82) is 0 Å². The van der Waals surface area contributed by atoms with Gasteiger partial charge in [0.05, 0.1) is 58.6 Å². The molecule has 0 aliphatic heterocycles. The number of ether oxygens (including phenoxy) is 6. The van der Waals surface area contributed by atoms with Crippen LogP contribution in [0.2, 0.25) is 0 Å². The SMILES string of the molecule is CCN(CCOCCOCCN(CCOCCCSCCNC(=O)OC(C)(C)C)Cc1cccc(C(=O)OC)n1)Cc1cccc(C(=O)OC)n1. The zero-order valence-corrected chi connectivity index (χ0v) is 32.0. The fraction of sp³-hybridized carbons (Fsp3) is 0.639. The second-order valence-corrected chi connectivity index (χ2v) is 13.6. The van der Waals surface area contributed by atoms with Gasteiger partial charge in [-0.1, -0.05) is 19.1 Å². The van der Waals surface area contributed by atoms with Gasteiger partial charge in [-0.15, -0.1) is 0 Å². The third-order valence-electron chi connectivity index (χ3n) is 7.14. The number of hydrogen-bond donors (Lipinski definition) is 1. The van der Waals surface area contributed by atoms with Crippen molar-refractivity contribution in [3.05, 3.63) is 59.2 Å². The van der Waals surface area contributed by atoms with E-state index in [1.807, 2.05) is 32.9 Å². The molecule has 0 spiro atoms. The van der Waals surface area contributed by atoms with Crippen LogP contribution in [0, 0.1) is 0 Å². The Balaban J connectivity index is 1.68. The van der Waals surface area contributed by atoms with E-state index in [2.05, 4.69) is 32.0 Å². The maximum absolute atomic E-state index is 12.0. The molecule has 0 saturated heterocycles. The summed E-state index contributed by atoms with van der Waals surface area (Å²) in [7, 11) is 2.68. The van der Waals surface area contributed by atoms with Crippen molar-refractivity contribution >= 4 is 29.8 Å². The van der Waals surface area contributed by atoms with E-state index in [-0.39, 0.29) is 5.69 Å². The molecule has 15 heteroatoms. The minimum absolute atomic E-state index is 0.269. The van der Waals surface area contributed by atoms with Gasteiger partial charge in [0, 0.05) is 51.6 Å². The topological polar surface area (TPSA) is 151 Å². The molecule has 51 heavy (non-hydrogen) atoms. The predicted octanol–water partition coefficient (Wildman–Crippen LogP) is 4.07. The number of likely N-dealkylation sites (N-methyl/N-ethyl adjacent to an activating group) is 1. The van der Waals surface area contributed by atoms with E-state index in [4.69, 9.17) is 28.4 Å². The quantitative estimate of drug-likeness (QED) is 0.0840. The first kappa shape index (κ1) is 43.8. The van der Waals surface area contributed by atoms with Gasteiger partial charge in [-0.25, -0.2) is 24.4 Å². The van der Waals surface area contributed by atoms with Gasteiger partial charge in [0.15, 0.2) is 0 Å². The van der Waals surface area contributed by atoms with Crippen LogP contribution in [0.4, 0.5) is 4.79 Å². The second kappa shape index (κ2) is 25.6. The Hall–Kier alpha value is -3.34. The number of esters is 2. The van der Waals surface area contributed by atoms with Crippen molar-refractivity contribution in [2.24, 2.45) is 0 Å². The number of alkyl carbamates (subject to hydrolysis) is 1. The normalized spacial score (nSPS) is 11.5. The molecule has 2 aromatic rings. The molecule has 0 aliphatic carbocycles. The lowest BCUT2D eigenvalue weighted by Gasteiger charge is -2.22. The highest BCUT2D eigenvalue weighted by Gasteiger charge is 2.16. The van der Waals surface area contributed by atoms with E-state index in [1.165, 1.54) is 14.2 Å². The molecule has 2 heterocycles. The first-order valence-corrected chi connectivity index (χ1v) is 18.5. The molecule has 286 valence electrons. The number of nitrogens with one attached hydrogen (secondary N) is 1. The molecule has 14 nitrogen and oxygen atoms in total. The Morgan fingerprint density at radius 1 is 0.725 bits per heavy atom. The Labute approximate surface area is 307 Å². The van der Waals surface area contributed by atoms with Gasteiger partial charge in [-0.3, -0.25) is 9.80 Å². The highest BCUT2D eigenvalue weighted by molar-refractivity contribution is 7.99. The summed E-state index contributed by atoms with van der Waals surface area (Å²) in [6.45, 7) is 15.3. The van der Waals surface area contributed by atoms with Crippen LogP contribution >= 0.6 is 11.8 Å². The third kappa shape index (κ3) is 20.3. The van der Waals surface area contributed by atoms with Crippen LogP contribution in [0.15, 0.2) is 36.4 Å². The molecule has 0 atom stereocenters. The third-order valence-corrected chi connectivity index (χ3v) is 8.21. The molecular weight excluding hydrogens is 678 g/mol. The molecular formula is C36H57N5O9S. The largest absolute Gasteiger partial charge is 0.464 e. The van der Waals surface area contributed by atoms with Crippen molar-refractivity contribution in [2.45, 2.75) is 52.8 Å². The number of carbonyl (C=O) groups excluding carboxylic acids is 3. The average molecular weight is 736 g/mol. The van der Waals surface area contributed by atoms with Crippen molar-refractivity contribution < 1.29 is 42.8 Å². The van der Waals surface area contributed by atoms with Gasteiger partial charge in [-0.2, -0.15) is 11.8 Å². The molecule has 1 amide bonds. The minimum atomic E-state index is -0.502. The average Bonchev–Trinajstić information content (AvgIpc) is 3.11. The number of pyridine rings is 2. The molecule has 2 rings (SSSR count). The zero-order valence-electron chi connectivity index (χ0n) is 31.1. The molecule has 1 N–H and O–H groups in total. The lowest BCUT2D eigenvalue weighted by molar-refractivity contribution is 0.0260. The number of thioether (sulfide) groups is 1. The fourth-order valence-electron chi connectivity index (χ4n) is 4.56. The molecule has 0 radical (unpaired) electrons. The summed E-state index contributed by atoms with van der Waals surface area (Å²) in [5, 5.41) is 2.77. The van der Waals surface area contributed by atoms with Crippen molar-refractivity contribution in [1.82, 2.24) is 25.1 Å². The van der Waals surface area contributed by atoms with Gasteiger partial charge >= 0.3 is 18.0 Å². The summed E-state index contributed by atoms with van der Waals surface area (Å²) in [6, 6.07) is 10.7. The standard InChI is InChI=1S/C36H57N5O9S/c1-7-40(27-29-11-8-13-31(38-29)33(42)45-5)16-20-48-23-24-49-22-18-41(28-30-12-9-14-32(39-30)34(43)46-6)17-21-47-19-10-25-51-26-15-37-35(44)50-36(2,3)4/h8-9,11-14H,7,10,15-28H2,1-6H3,(H,37,44). The summed E-state index contributed by atoms with van der Waals surface area (Å²) in [6.07, 6.45) is 0.506. The van der Waals surface area contributed by atoms with Gasteiger partial charge in [0.2, 0.25) is 0 Å². The lowest BCUT2D eigenvalue weighted by atomic mass is 10.2. The van der Waals surface area contributed by atoms with Gasteiger partial charge in [0.25, 0.3) is 0 Å². The number of rotatable bonds is 26. The molecule has 0 aromatic carbocycles. The number of amides is 1. The zero-order chi connectivity index (χ0) is 37.3. The van der Waals surface area contributed by atoms with E-state index >= 15 is 0 Å². The number of hydrogen-bond acceptors (Lipinski definition) is 14. The first-order valence-electron chi connectivity index (χ1n) is 17.4. The Morgan fingerprint density at radius 2 is 1.24 bits per heavy atom. The van der Waals surface area contributed by atoms with E-state index in [0.29, 0.717) is 78.1 Å². The Bertz CT molecular complexity index is 1300. The van der Waals surface area contributed by atoms with Crippen LogP contribution in [-0.2, 0) is 41.5 Å². The highest BCUT2D eigenvalue weighted by Crippen LogP contribution is 2.09. The van der Waals surface area contributed by atoms with Crippen LogP contribution in [0.5, 0.6) is 0 Å². The molecule has 2 aromatic heterocycles. The Morgan fingerprint density at radius 3 is 1.75 bits per heavy atom. The van der Waals surface area contributed by atoms with E-state index in [1.54, 1.807) is 36.0 Å². The smallest absolute Gasteiger partial charge is 0.407 e. The van der Waals surface area contributed by atoms with Gasteiger partial charge in [0.1, 0.15) is 17.0 Å². The van der Waals surface area contributed by atoms with Crippen molar-refractivity contribution in [3.8, 4) is 0 Å².